The van der Waals surface area contributed by atoms with Gasteiger partial charge in [-0.15, -0.1) is 4.33 Å². The second-order valence-electron chi connectivity index (χ2n) is 8.82. The third-order valence-electron chi connectivity index (χ3n) is 5.70. The third-order valence-corrected chi connectivity index (χ3v) is 6.30. The summed E-state index contributed by atoms with van der Waals surface area (Å²) < 4.78 is 5.20. The van der Waals surface area contributed by atoms with Gasteiger partial charge in [0, 0.05) is 31.1 Å². The van der Waals surface area contributed by atoms with Gasteiger partial charge in [-0.2, -0.15) is 0 Å². The van der Waals surface area contributed by atoms with Crippen molar-refractivity contribution in [2.24, 2.45) is 0 Å². The van der Waals surface area contributed by atoms with Crippen LogP contribution in [0.15, 0.2) is 77.6 Å². The van der Waals surface area contributed by atoms with E-state index in [1.165, 1.54) is 32.4 Å². The predicted molar refractivity (Wildman–Crippen MR) is 152 cm³/mol. The van der Waals surface area contributed by atoms with E-state index in [-0.39, 0.29) is 12.7 Å². The average Bonchev–Trinajstić information content (AvgIpc) is 2.95. The largest absolute Gasteiger partial charge is 0.393 e. The van der Waals surface area contributed by atoms with E-state index in [4.69, 9.17) is 25.6 Å². The number of hydrogen-bond acceptors (Lipinski definition) is 8. The topological polar surface area (TPSA) is 68.0 Å². The van der Waals surface area contributed by atoms with Crippen LogP contribution in [0.25, 0.3) is 4.85 Å². The molecule has 3 rings (SSSR count). The molecule has 1 aromatic carbocycles. The zero-order chi connectivity index (χ0) is 27.3. The van der Waals surface area contributed by atoms with E-state index in [1.807, 2.05) is 74.7 Å². The smallest absolute Gasteiger partial charge is 0.166 e. The van der Waals surface area contributed by atoms with Crippen LogP contribution in [0.4, 0.5) is 0 Å². The molecule has 0 amide bonds. The van der Waals surface area contributed by atoms with E-state index in [0.29, 0.717) is 12.4 Å². The molecular formula is C29H41N3O5S. The average molecular weight is 544 g/mol. The van der Waals surface area contributed by atoms with E-state index in [9.17, 15) is 5.11 Å². The Labute approximate surface area is 232 Å². The second-order valence-corrected chi connectivity index (χ2v) is 9.64. The summed E-state index contributed by atoms with van der Waals surface area (Å²) in [5.74, 6) is 0.627. The molecule has 0 saturated carbocycles. The quantitative estimate of drug-likeness (QED) is 0.0826. The first-order valence-corrected chi connectivity index (χ1v) is 13.9. The highest BCUT2D eigenvalue weighted by Gasteiger charge is 2.13. The fourth-order valence-corrected chi connectivity index (χ4v) is 4.01. The molecular weight excluding hydrogens is 502 g/mol. The summed E-state index contributed by atoms with van der Waals surface area (Å²) in [6.07, 6.45) is 17.2. The van der Waals surface area contributed by atoms with Crippen molar-refractivity contribution in [1.82, 2.24) is 9.80 Å². The van der Waals surface area contributed by atoms with Gasteiger partial charge in [0.05, 0.1) is 31.3 Å². The molecule has 0 aliphatic carbocycles. The van der Waals surface area contributed by atoms with Gasteiger partial charge >= 0.3 is 0 Å². The van der Waals surface area contributed by atoms with Crippen LogP contribution in [0, 0.1) is 6.57 Å². The Morgan fingerprint density at radius 2 is 1.66 bits per heavy atom. The van der Waals surface area contributed by atoms with Crippen molar-refractivity contribution in [3.8, 4) is 5.75 Å². The summed E-state index contributed by atoms with van der Waals surface area (Å²) in [6, 6.07) is 9.27. The van der Waals surface area contributed by atoms with Crippen LogP contribution in [0.2, 0.25) is 0 Å². The van der Waals surface area contributed by atoms with Crippen LogP contribution in [0.1, 0.15) is 46.0 Å². The van der Waals surface area contributed by atoms with Gasteiger partial charge in [-0.1, -0.05) is 30.4 Å². The van der Waals surface area contributed by atoms with Crippen molar-refractivity contribution >= 4 is 12.0 Å². The van der Waals surface area contributed by atoms with Crippen LogP contribution >= 0.6 is 12.0 Å². The molecule has 1 aromatic rings. The third kappa shape index (κ3) is 14.9. The number of likely N-dealkylation sites (tertiary alicyclic amines) is 2. The molecule has 0 unspecified atom stereocenters. The Morgan fingerprint density at radius 1 is 1.00 bits per heavy atom. The number of piperidine rings is 2. The maximum atomic E-state index is 9.53. The SMILES string of the molecule is CCOOC/C(=C/C=C/N1CCC(O)CC1)SOOc1ccccc1.[C-]#[N+]/C(C)=C\C=C/N1CCCCC1. The van der Waals surface area contributed by atoms with E-state index < -0.39 is 0 Å². The van der Waals surface area contributed by atoms with E-state index >= 15 is 0 Å². The zero-order valence-electron chi connectivity index (χ0n) is 22.5. The van der Waals surface area contributed by atoms with Crippen molar-refractivity contribution in [1.29, 1.82) is 0 Å². The fourth-order valence-electron chi connectivity index (χ4n) is 3.57. The summed E-state index contributed by atoms with van der Waals surface area (Å²) in [5.41, 5.74) is 0.744. The molecule has 0 atom stereocenters. The van der Waals surface area contributed by atoms with Gasteiger partial charge in [-0.25, -0.2) is 14.6 Å². The number of para-hydroxylation sites is 1. The van der Waals surface area contributed by atoms with Crippen molar-refractivity contribution in [3.63, 3.8) is 0 Å². The van der Waals surface area contributed by atoms with Gasteiger partial charge in [0.15, 0.2) is 11.4 Å². The lowest BCUT2D eigenvalue weighted by Gasteiger charge is -2.28. The summed E-state index contributed by atoms with van der Waals surface area (Å²) in [5, 5.41) is 9.53. The molecule has 208 valence electrons. The first-order valence-electron chi connectivity index (χ1n) is 13.2. The number of allylic oxidation sites excluding steroid dienone is 5. The molecule has 1 N–H and O–H groups in total. The highest BCUT2D eigenvalue weighted by atomic mass is 32.2. The molecule has 2 aliphatic rings. The predicted octanol–water partition coefficient (Wildman–Crippen LogP) is 6.28. The molecule has 38 heavy (non-hydrogen) atoms. The Balaban J connectivity index is 0.000000328. The molecule has 0 aromatic heterocycles. The van der Waals surface area contributed by atoms with E-state index in [1.54, 1.807) is 0 Å². The molecule has 8 nitrogen and oxygen atoms in total. The molecule has 0 radical (unpaired) electrons. The molecule has 2 aliphatic heterocycles. The van der Waals surface area contributed by atoms with Crippen LogP contribution in [-0.2, 0) is 14.1 Å². The first-order chi connectivity index (χ1) is 18.6. The number of aliphatic hydroxyl groups is 1. The van der Waals surface area contributed by atoms with E-state index in [0.717, 1.165) is 48.6 Å². The molecule has 2 heterocycles. The lowest BCUT2D eigenvalue weighted by atomic mass is 10.1. The number of aliphatic hydroxyl groups excluding tert-OH is 1. The Hall–Kier alpha value is -2.74. The van der Waals surface area contributed by atoms with Gasteiger partial charge in [-0.05, 0) is 82.6 Å². The maximum Gasteiger partial charge on any atom is 0.166 e. The van der Waals surface area contributed by atoms with Crippen molar-refractivity contribution < 1.29 is 24.1 Å². The summed E-state index contributed by atoms with van der Waals surface area (Å²) >= 11 is 1.08. The minimum Gasteiger partial charge on any atom is -0.393 e. The highest BCUT2D eigenvalue weighted by molar-refractivity contribution is 7.98. The number of hydrogen-bond donors (Lipinski definition) is 1. The maximum absolute atomic E-state index is 9.53. The fraction of sp³-hybridized carbons (Fsp3) is 0.483. The Kier molecular flexibility index (Phi) is 16.8. The first kappa shape index (κ1) is 31.5. The standard InChI is InChI=1S/C18H25NO5S.C11H16N2/c1-2-21-22-15-18(25-24-23-17-7-4-3-5-8-17)9-6-12-19-13-10-16(20)11-14-19;1-11(12-2)7-6-10-13-8-4-3-5-9-13/h3-9,12,16,20H,2,10-11,13-15H2,1H3;6-7,10H,3-5,8-9H2,1H3/b12-6+,18-9-;10-6-,11-7-. The minimum atomic E-state index is -0.172. The number of nitrogens with zero attached hydrogens (tertiary/aromatic N) is 3. The minimum absolute atomic E-state index is 0.172. The van der Waals surface area contributed by atoms with Crippen LogP contribution in [0.3, 0.4) is 0 Å². The number of rotatable bonds is 12. The van der Waals surface area contributed by atoms with E-state index in [2.05, 4.69) is 20.8 Å². The summed E-state index contributed by atoms with van der Waals surface area (Å²) in [7, 11) is 0. The van der Waals surface area contributed by atoms with Crippen LogP contribution < -0.4 is 4.89 Å². The van der Waals surface area contributed by atoms with Gasteiger partial charge in [0.25, 0.3) is 0 Å². The Bertz CT molecular complexity index is 916. The zero-order valence-corrected chi connectivity index (χ0v) is 23.4. The van der Waals surface area contributed by atoms with Crippen LogP contribution in [-0.4, -0.2) is 60.4 Å². The lowest BCUT2D eigenvalue weighted by molar-refractivity contribution is -0.283. The number of benzene rings is 1. The Morgan fingerprint density at radius 3 is 2.32 bits per heavy atom. The molecule has 2 saturated heterocycles. The summed E-state index contributed by atoms with van der Waals surface area (Å²) in [4.78, 5) is 23.8. The van der Waals surface area contributed by atoms with Gasteiger partial charge < -0.3 is 19.8 Å². The normalized spacial score (nSPS) is 17.4. The second kappa shape index (κ2) is 20.3. The van der Waals surface area contributed by atoms with Gasteiger partial charge in [0.1, 0.15) is 6.61 Å². The molecule has 0 bridgehead atoms. The summed E-state index contributed by atoms with van der Waals surface area (Å²) in [6.45, 7) is 15.2. The van der Waals surface area contributed by atoms with Crippen molar-refractivity contribution in [2.45, 2.75) is 52.1 Å². The molecule has 9 heteroatoms. The van der Waals surface area contributed by atoms with Crippen molar-refractivity contribution in [3.05, 3.63) is 89.1 Å². The molecule has 2 fully saturated rings. The lowest BCUT2D eigenvalue weighted by Crippen LogP contribution is -2.31. The highest BCUT2D eigenvalue weighted by Crippen LogP contribution is 2.21. The molecule has 0 spiro atoms. The monoisotopic (exact) mass is 543 g/mol. The van der Waals surface area contributed by atoms with Crippen LogP contribution in [0.5, 0.6) is 5.75 Å². The van der Waals surface area contributed by atoms with Gasteiger partial charge in [0.2, 0.25) is 0 Å². The van der Waals surface area contributed by atoms with Crippen molar-refractivity contribution in [2.75, 3.05) is 39.4 Å². The van der Waals surface area contributed by atoms with Gasteiger partial charge in [-0.3, -0.25) is 0 Å².